The molecule has 0 spiro atoms. The fraction of sp³-hybridized carbons (Fsp3) is 0.182. The zero-order valence-corrected chi connectivity index (χ0v) is 8.37. The molecule has 1 unspecified atom stereocenters. The van der Waals surface area contributed by atoms with Crippen molar-refractivity contribution in [1.29, 1.82) is 0 Å². The highest BCUT2D eigenvalue weighted by molar-refractivity contribution is 5.84. The molecule has 0 fully saturated rings. The molecular formula is C11H10FN2O2-. The summed E-state index contributed by atoms with van der Waals surface area (Å²) in [7, 11) is 0. The standard InChI is InChI=1S/C11H11FN2O2/c12-7-1-2-10-8(4-7)6(5-14-10)3-9(13)11(15)16/h1-2,4-5,9,14H,3,13H2,(H,15,16)/p-1. The first-order valence-electron chi connectivity index (χ1n) is 4.80. The lowest BCUT2D eigenvalue weighted by Crippen LogP contribution is -2.43. The normalized spacial score (nSPS) is 12.9. The summed E-state index contributed by atoms with van der Waals surface area (Å²) in [6.07, 6.45) is 1.75. The van der Waals surface area contributed by atoms with Gasteiger partial charge >= 0.3 is 0 Å². The highest BCUT2D eigenvalue weighted by atomic mass is 19.1. The van der Waals surface area contributed by atoms with E-state index in [9.17, 15) is 14.3 Å². The summed E-state index contributed by atoms with van der Waals surface area (Å²) in [6.45, 7) is 0. The van der Waals surface area contributed by atoms with E-state index >= 15 is 0 Å². The Hall–Kier alpha value is -1.88. The molecule has 3 N–H and O–H groups in total. The van der Waals surface area contributed by atoms with Crippen molar-refractivity contribution in [3.63, 3.8) is 0 Å². The van der Waals surface area contributed by atoms with Crippen LogP contribution < -0.4 is 10.8 Å². The van der Waals surface area contributed by atoms with Crippen LogP contribution in [0.4, 0.5) is 4.39 Å². The predicted octanol–water partition coefficient (Wildman–Crippen LogP) is -0.0733. The molecule has 0 saturated heterocycles. The quantitative estimate of drug-likeness (QED) is 0.761. The van der Waals surface area contributed by atoms with Gasteiger partial charge in [-0.25, -0.2) is 4.39 Å². The minimum absolute atomic E-state index is 0.117. The first-order chi connectivity index (χ1) is 7.58. The minimum Gasteiger partial charge on any atom is -0.548 e. The number of rotatable bonds is 3. The van der Waals surface area contributed by atoms with Gasteiger partial charge in [0.2, 0.25) is 0 Å². The van der Waals surface area contributed by atoms with Crippen molar-refractivity contribution in [3.8, 4) is 0 Å². The first-order valence-corrected chi connectivity index (χ1v) is 4.80. The number of aromatic nitrogens is 1. The Bertz CT molecular complexity index is 536. The number of fused-ring (bicyclic) bond motifs is 1. The average Bonchev–Trinajstić information content (AvgIpc) is 2.61. The summed E-state index contributed by atoms with van der Waals surface area (Å²) < 4.78 is 13.0. The van der Waals surface area contributed by atoms with Gasteiger partial charge in [0, 0.05) is 23.1 Å². The van der Waals surface area contributed by atoms with Crippen LogP contribution in [-0.4, -0.2) is 17.0 Å². The molecule has 5 heteroatoms. The first kappa shape index (κ1) is 10.6. The zero-order valence-electron chi connectivity index (χ0n) is 8.37. The zero-order chi connectivity index (χ0) is 11.7. The number of hydrogen-bond acceptors (Lipinski definition) is 3. The molecule has 4 nitrogen and oxygen atoms in total. The van der Waals surface area contributed by atoms with E-state index in [1.54, 1.807) is 12.3 Å². The molecule has 1 aromatic heterocycles. The maximum atomic E-state index is 13.0. The maximum absolute atomic E-state index is 13.0. The van der Waals surface area contributed by atoms with Crippen molar-refractivity contribution >= 4 is 16.9 Å². The number of aliphatic carboxylic acids is 1. The van der Waals surface area contributed by atoms with Gasteiger partial charge in [-0.1, -0.05) is 0 Å². The highest BCUT2D eigenvalue weighted by Crippen LogP contribution is 2.20. The van der Waals surface area contributed by atoms with Gasteiger partial charge in [-0.05, 0) is 30.2 Å². The van der Waals surface area contributed by atoms with Gasteiger partial charge in [-0.2, -0.15) is 0 Å². The van der Waals surface area contributed by atoms with E-state index < -0.39 is 12.0 Å². The average molecular weight is 221 g/mol. The van der Waals surface area contributed by atoms with Crippen LogP contribution in [0.1, 0.15) is 5.56 Å². The van der Waals surface area contributed by atoms with Crippen LogP contribution in [0.25, 0.3) is 10.9 Å². The molecule has 0 radical (unpaired) electrons. The third kappa shape index (κ3) is 1.90. The van der Waals surface area contributed by atoms with E-state index in [2.05, 4.69) is 4.98 Å². The predicted molar refractivity (Wildman–Crippen MR) is 54.9 cm³/mol. The summed E-state index contributed by atoms with van der Waals surface area (Å²) in [5, 5.41) is 11.2. The van der Waals surface area contributed by atoms with Crippen molar-refractivity contribution < 1.29 is 14.3 Å². The van der Waals surface area contributed by atoms with Gasteiger partial charge < -0.3 is 20.6 Å². The number of hydrogen-bond donors (Lipinski definition) is 2. The highest BCUT2D eigenvalue weighted by Gasteiger charge is 2.10. The van der Waals surface area contributed by atoms with Crippen LogP contribution >= 0.6 is 0 Å². The van der Waals surface area contributed by atoms with E-state index in [0.717, 1.165) is 5.52 Å². The van der Waals surface area contributed by atoms with E-state index in [0.29, 0.717) is 10.9 Å². The maximum Gasteiger partial charge on any atom is 0.123 e. The fourth-order valence-electron chi connectivity index (χ4n) is 1.64. The molecule has 2 rings (SSSR count). The molecule has 0 aliphatic heterocycles. The lowest BCUT2D eigenvalue weighted by molar-refractivity contribution is -0.307. The van der Waals surface area contributed by atoms with E-state index in [4.69, 9.17) is 5.73 Å². The lowest BCUT2D eigenvalue weighted by atomic mass is 10.1. The molecule has 1 atom stereocenters. The molecule has 1 heterocycles. The SMILES string of the molecule is NC(Cc1c[nH]c2ccc(F)cc12)C(=O)[O-]. The van der Waals surface area contributed by atoms with Gasteiger partial charge in [0.05, 0.1) is 5.97 Å². The Kier molecular flexibility index (Phi) is 2.62. The molecule has 0 aliphatic rings. The number of nitrogens with two attached hydrogens (primary N) is 1. The van der Waals surface area contributed by atoms with Crippen LogP contribution in [0.15, 0.2) is 24.4 Å². The summed E-state index contributed by atoms with van der Waals surface area (Å²) in [4.78, 5) is 13.4. The largest absolute Gasteiger partial charge is 0.548 e. The van der Waals surface area contributed by atoms with Gasteiger partial charge in [-0.15, -0.1) is 0 Å². The molecule has 0 aliphatic carbocycles. The Morgan fingerprint density at radius 2 is 2.31 bits per heavy atom. The van der Waals surface area contributed by atoms with Crippen molar-refractivity contribution in [2.24, 2.45) is 5.73 Å². The third-order valence-corrected chi connectivity index (χ3v) is 2.47. The van der Waals surface area contributed by atoms with Crippen LogP contribution in [-0.2, 0) is 11.2 Å². The molecular weight excluding hydrogens is 211 g/mol. The van der Waals surface area contributed by atoms with E-state index in [-0.39, 0.29) is 12.2 Å². The monoisotopic (exact) mass is 221 g/mol. The molecule has 0 bridgehead atoms. The number of halogens is 1. The van der Waals surface area contributed by atoms with Crippen molar-refractivity contribution in [3.05, 3.63) is 35.8 Å². The van der Waals surface area contributed by atoms with E-state index in [1.807, 2.05) is 0 Å². The third-order valence-electron chi connectivity index (χ3n) is 2.47. The number of carboxylic acids is 1. The fourth-order valence-corrected chi connectivity index (χ4v) is 1.64. The van der Waals surface area contributed by atoms with E-state index in [1.165, 1.54) is 12.1 Å². The van der Waals surface area contributed by atoms with Crippen molar-refractivity contribution in [1.82, 2.24) is 4.98 Å². The van der Waals surface area contributed by atoms with Crippen LogP contribution in [0, 0.1) is 5.82 Å². The van der Waals surface area contributed by atoms with Crippen LogP contribution in [0.5, 0.6) is 0 Å². The lowest BCUT2D eigenvalue weighted by Gasteiger charge is -2.11. The second-order valence-corrected chi connectivity index (χ2v) is 3.63. The van der Waals surface area contributed by atoms with Crippen LogP contribution in [0.3, 0.4) is 0 Å². The number of carbonyl (C=O) groups is 1. The number of nitrogens with one attached hydrogen (secondary N) is 1. The van der Waals surface area contributed by atoms with Gasteiger partial charge in [0.1, 0.15) is 5.82 Å². The Morgan fingerprint density at radius 3 is 3.00 bits per heavy atom. The second-order valence-electron chi connectivity index (χ2n) is 3.63. The molecule has 2 aromatic rings. The van der Waals surface area contributed by atoms with Gasteiger partial charge in [-0.3, -0.25) is 0 Å². The number of H-pyrrole nitrogens is 1. The minimum atomic E-state index is -1.31. The van der Waals surface area contributed by atoms with Gasteiger partial charge in [0.25, 0.3) is 0 Å². The summed E-state index contributed by atoms with van der Waals surface area (Å²) in [6, 6.07) is 3.20. The van der Waals surface area contributed by atoms with Gasteiger partial charge in [0.15, 0.2) is 0 Å². The molecule has 84 valence electrons. The van der Waals surface area contributed by atoms with Crippen LogP contribution in [0.2, 0.25) is 0 Å². The summed E-state index contributed by atoms with van der Waals surface area (Å²) in [5.41, 5.74) is 6.79. The number of aromatic amines is 1. The number of benzene rings is 1. The molecule has 16 heavy (non-hydrogen) atoms. The Balaban J connectivity index is 2.37. The second kappa shape index (κ2) is 3.94. The smallest absolute Gasteiger partial charge is 0.123 e. The molecule has 0 amide bonds. The molecule has 0 saturated carbocycles. The van der Waals surface area contributed by atoms with Crippen molar-refractivity contribution in [2.45, 2.75) is 12.5 Å². The summed E-state index contributed by atoms with van der Waals surface area (Å²) >= 11 is 0. The number of carbonyl (C=O) groups excluding carboxylic acids is 1. The van der Waals surface area contributed by atoms with Crippen molar-refractivity contribution in [2.75, 3.05) is 0 Å². The summed E-state index contributed by atoms with van der Waals surface area (Å²) in [5.74, 6) is -1.68. The molecule has 1 aromatic carbocycles. The Labute approximate surface area is 90.9 Å². The Morgan fingerprint density at radius 1 is 1.56 bits per heavy atom. The number of carboxylic acid groups (broad SMARTS) is 1. The topological polar surface area (TPSA) is 81.9 Å².